The first-order valence-corrected chi connectivity index (χ1v) is 11.6. The summed E-state index contributed by atoms with van der Waals surface area (Å²) in [5.74, 6) is 1.37. The van der Waals surface area contributed by atoms with Gasteiger partial charge in [-0.25, -0.2) is 0 Å². The smallest absolute Gasteiger partial charge is 0.258 e. The van der Waals surface area contributed by atoms with Gasteiger partial charge in [-0.15, -0.1) is 12.4 Å². The molecule has 3 aromatic rings. The third-order valence-electron chi connectivity index (χ3n) is 6.33. The van der Waals surface area contributed by atoms with Crippen LogP contribution in [0.1, 0.15) is 36.1 Å². The number of nitriles is 1. The normalized spacial score (nSPS) is 13.8. The topological polar surface area (TPSA) is 116 Å². The minimum Gasteiger partial charge on any atom is -0.490 e. The Balaban J connectivity index is 0.00000342. The first kappa shape index (κ1) is 26.6. The van der Waals surface area contributed by atoms with E-state index < -0.39 is 0 Å². The summed E-state index contributed by atoms with van der Waals surface area (Å²) in [6, 6.07) is 11.3. The predicted octanol–water partition coefficient (Wildman–Crippen LogP) is 3.55. The number of nitrogens with zero attached hydrogens (tertiary/aromatic N) is 4. The SMILES string of the molecule is Cc1c(-c2noc(-c3ccc(OC(C)C)c(C#N)c3)n2)ccc2c1CCN(C(CO)CO)CC2.Cl. The lowest BCUT2D eigenvalue weighted by atomic mass is 9.93. The van der Waals surface area contributed by atoms with Gasteiger partial charge in [0.05, 0.1) is 30.9 Å². The minimum absolute atomic E-state index is 0. The fourth-order valence-corrected chi connectivity index (χ4v) is 4.48. The van der Waals surface area contributed by atoms with Crippen molar-refractivity contribution in [2.75, 3.05) is 26.3 Å². The van der Waals surface area contributed by atoms with E-state index in [1.165, 1.54) is 11.1 Å². The van der Waals surface area contributed by atoms with Gasteiger partial charge < -0.3 is 19.5 Å². The molecule has 0 amide bonds. The van der Waals surface area contributed by atoms with Crippen molar-refractivity contribution in [2.24, 2.45) is 0 Å². The van der Waals surface area contributed by atoms with E-state index in [-0.39, 0.29) is 37.8 Å². The van der Waals surface area contributed by atoms with Crippen molar-refractivity contribution in [3.63, 3.8) is 0 Å². The van der Waals surface area contributed by atoms with E-state index in [0.717, 1.165) is 37.1 Å². The number of hydrogen-bond donors (Lipinski definition) is 2. The summed E-state index contributed by atoms with van der Waals surface area (Å²) in [4.78, 5) is 6.76. The molecule has 0 radical (unpaired) electrons. The van der Waals surface area contributed by atoms with Crippen LogP contribution >= 0.6 is 12.4 Å². The van der Waals surface area contributed by atoms with Crippen molar-refractivity contribution in [1.82, 2.24) is 15.0 Å². The van der Waals surface area contributed by atoms with Gasteiger partial charge in [0.25, 0.3) is 5.89 Å². The second-order valence-corrected chi connectivity index (χ2v) is 8.84. The van der Waals surface area contributed by atoms with Crippen molar-refractivity contribution in [1.29, 1.82) is 5.26 Å². The first-order chi connectivity index (χ1) is 16.4. The summed E-state index contributed by atoms with van der Waals surface area (Å²) >= 11 is 0. The lowest BCUT2D eigenvalue weighted by Crippen LogP contribution is -2.42. The monoisotopic (exact) mass is 498 g/mol. The van der Waals surface area contributed by atoms with Crippen molar-refractivity contribution in [3.8, 4) is 34.7 Å². The van der Waals surface area contributed by atoms with Crippen molar-refractivity contribution >= 4 is 12.4 Å². The summed E-state index contributed by atoms with van der Waals surface area (Å²) < 4.78 is 11.2. The van der Waals surface area contributed by atoms with Gasteiger partial charge in [-0.2, -0.15) is 10.2 Å². The van der Waals surface area contributed by atoms with Gasteiger partial charge in [0, 0.05) is 24.2 Å². The Morgan fingerprint density at radius 2 is 1.89 bits per heavy atom. The molecule has 0 saturated heterocycles. The molecule has 9 heteroatoms. The van der Waals surface area contributed by atoms with Gasteiger partial charge >= 0.3 is 0 Å². The molecular weight excluding hydrogens is 468 g/mol. The molecule has 0 unspecified atom stereocenters. The second-order valence-electron chi connectivity index (χ2n) is 8.84. The Kier molecular flexibility index (Phi) is 8.87. The van der Waals surface area contributed by atoms with E-state index in [1.54, 1.807) is 12.1 Å². The van der Waals surface area contributed by atoms with Crippen molar-refractivity contribution in [3.05, 3.63) is 52.6 Å². The number of rotatable bonds is 7. The van der Waals surface area contributed by atoms with Gasteiger partial charge in [-0.1, -0.05) is 17.3 Å². The molecule has 1 aliphatic heterocycles. The highest BCUT2D eigenvalue weighted by Gasteiger charge is 2.23. The van der Waals surface area contributed by atoms with Crippen LogP contribution in [0.4, 0.5) is 0 Å². The molecule has 2 aromatic carbocycles. The molecule has 35 heavy (non-hydrogen) atoms. The molecule has 0 saturated carbocycles. The molecule has 1 aromatic heterocycles. The van der Waals surface area contributed by atoms with Gasteiger partial charge in [0.15, 0.2) is 0 Å². The highest BCUT2D eigenvalue weighted by molar-refractivity contribution is 5.85. The van der Waals surface area contributed by atoms with E-state index >= 15 is 0 Å². The zero-order valence-electron chi connectivity index (χ0n) is 20.2. The molecular formula is C26H31ClN4O4. The van der Waals surface area contributed by atoms with E-state index in [2.05, 4.69) is 34.1 Å². The van der Waals surface area contributed by atoms with Crippen LogP contribution in [0.25, 0.3) is 22.8 Å². The average Bonchev–Trinajstić information content (AvgIpc) is 3.21. The Hall–Kier alpha value is -2.96. The van der Waals surface area contributed by atoms with Crippen LogP contribution in [0.2, 0.25) is 0 Å². The number of hydrogen-bond acceptors (Lipinski definition) is 8. The highest BCUT2D eigenvalue weighted by atomic mass is 35.5. The fraction of sp³-hybridized carbons (Fsp3) is 0.423. The van der Waals surface area contributed by atoms with E-state index in [9.17, 15) is 15.5 Å². The maximum Gasteiger partial charge on any atom is 0.258 e. The van der Waals surface area contributed by atoms with Crippen LogP contribution in [0.5, 0.6) is 5.75 Å². The number of aliphatic hydroxyl groups is 2. The molecule has 1 aliphatic rings. The zero-order valence-corrected chi connectivity index (χ0v) is 21.0. The minimum atomic E-state index is -0.232. The number of ether oxygens (including phenoxy) is 1. The van der Waals surface area contributed by atoms with E-state index in [0.29, 0.717) is 28.6 Å². The molecule has 8 nitrogen and oxygen atoms in total. The highest BCUT2D eigenvalue weighted by Crippen LogP contribution is 2.31. The molecule has 4 rings (SSSR count). The van der Waals surface area contributed by atoms with Crippen LogP contribution in [-0.2, 0) is 12.8 Å². The van der Waals surface area contributed by atoms with Crippen LogP contribution in [0.15, 0.2) is 34.9 Å². The van der Waals surface area contributed by atoms with E-state index in [1.807, 2.05) is 26.0 Å². The van der Waals surface area contributed by atoms with Crippen LogP contribution in [0, 0.1) is 18.3 Å². The third-order valence-corrected chi connectivity index (χ3v) is 6.33. The molecule has 186 valence electrons. The standard InChI is InChI=1S/C26H30N4O4.ClH/c1-16(2)33-24-7-5-19(12-20(24)13-27)26-28-25(29-34-26)23-6-4-18-8-10-30(21(14-31)15-32)11-9-22(18)17(23)3;/h4-7,12,16,21,31-32H,8-11,14-15H2,1-3H3;1H. The lowest BCUT2D eigenvalue weighted by molar-refractivity contribution is 0.0769. The number of halogens is 1. The number of fused-ring (bicyclic) bond motifs is 1. The van der Waals surface area contributed by atoms with Crippen molar-refractivity contribution in [2.45, 2.75) is 45.8 Å². The van der Waals surface area contributed by atoms with Crippen LogP contribution in [0.3, 0.4) is 0 Å². The molecule has 2 N–H and O–H groups in total. The third kappa shape index (κ3) is 5.65. The Labute approximate surface area is 211 Å². The summed E-state index contributed by atoms with van der Waals surface area (Å²) in [5.41, 5.74) is 5.61. The van der Waals surface area contributed by atoms with Crippen LogP contribution in [-0.4, -0.2) is 63.7 Å². The summed E-state index contributed by atoms with van der Waals surface area (Å²) in [7, 11) is 0. The van der Waals surface area contributed by atoms with Gasteiger partial charge in [0.1, 0.15) is 11.8 Å². The second kappa shape index (κ2) is 11.6. The fourth-order valence-electron chi connectivity index (χ4n) is 4.48. The number of aromatic nitrogens is 2. The molecule has 0 aliphatic carbocycles. The van der Waals surface area contributed by atoms with E-state index in [4.69, 9.17) is 9.26 Å². The number of aliphatic hydroxyl groups excluding tert-OH is 2. The molecule has 0 spiro atoms. The van der Waals surface area contributed by atoms with Crippen molar-refractivity contribution < 1.29 is 19.5 Å². The molecule has 0 fully saturated rings. The maximum absolute atomic E-state index is 9.56. The Morgan fingerprint density at radius 3 is 2.57 bits per heavy atom. The Bertz CT molecular complexity index is 1200. The predicted molar refractivity (Wildman–Crippen MR) is 135 cm³/mol. The first-order valence-electron chi connectivity index (χ1n) is 11.6. The van der Waals surface area contributed by atoms with Gasteiger partial charge in [-0.3, -0.25) is 4.90 Å². The summed E-state index contributed by atoms with van der Waals surface area (Å²) in [5, 5.41) is 32.9. The molecule has 0 atom stereocenters. The van der Waals surface area contributed by atoms with Gasteiger partial charge in [0.2, 0.25) is 5.82 Å². The largest absolute Gasteiger partial charge is 0.490 e. The van der Waals surface area contributed by atoms with Gasteiger partial charge in [-0.05, 0) is 68.5 Å². The number of benzene rings is 2. The molecule has 0 bridgehead atoms. The summed E-state index contributed by atoms with van der Waals surface area (Å²) in [6.45, 7) is 7.35. The maximum atomic E-state index is 9.56. The molecule has 2 heterocycles. The van der Waals surface area contributed by atoms with Crippen LogP contribution < -0.4 is 4.74 Å². The lowest BCUT2D eigenvalue weighted by Gasteiger charge is -2.27. The quantitative estimate of drug-likeness (QED) is 0.508. The Morgan fingerprint density at radius 1 is 1.14 bits per heavy atom. The summed E-state index contributed by atoms with van der Waals surface area (Å²) in [6.07, 6.45) is 1.64. The average molecular weight is 499 g/mol. The zero-order chi connectivity index (χ0) is 24.2.